The van der Waals surface area contributed by atoms with Gasteiger partial charge in [0.15, 0.2) is 0 Å². The van der Waals surface area contributed by atoms with Gasteiger partial charge < -0.3 is 15.2 Å². The number of rotatable bonds is 4. The highest BCUT2D eigenvalue weighted by molar-refractivity contribution is 5.72. The summed E-state index contributed by atoms with van der Waals surface area (Å²) < 4.78 is 0. The van der Waals surface area contributed by atoms with E-state index in [1.807, 2.05) is 0 Å². The number of hydroxylamine groups is 1. The van der Waals surface area contributed by atoms with E-state index in [0.717, 1.165) is 32.1 Å². The Labute approximate surface area is 88.1 Å². The molecule has 6 nitrogen and oxygen atoms in total. The zero-order chi connectivity index (χ0) is 11.3. The lowest BCUT2D eigenvalue weighted by atomic mass is 9.84. The zero-order valence-electron chi connectivity index (χ0n) is 8.76. The van der Waals surface area contributed by atoms with Crippen molar-refractivity contribution < 1.29 is 19.6 Å². The Bertz CT molecular complexity index is 248. The molecule has 1 saturated carbocycles. The van der Waals surface area contributed by atoms with Gasteiger partial charge in [0.25, 0.3) is 6.04 Å². The van der Waals surface area contributed by atoms with Gasteiger partial charge in [-0.1, -0.05) is 19.3 Å². The minimum Gasteiger partial charge on any atom is -0.597 e. The molecule has 0 amide bonds. The molecular formula is C9H16N2O4. The van der Waals surface area contributed by atoms with Crippen molar-refractivity contribution in [1.29, 1.82) is 0 Å². The average molecular weight is 216 g/mol. The first-order chi connectivity index (χ1) is 7.16. The first-order valence-corrected chi connectivity index (χ1v) is 5.10. The van der Waals surface area contributed by atoms with Gasteiger partial charge in [0.2, 0.25) is 5.28 Å². The second-order valence-corrected chi connectivity index (χ2v) is 3.75. The second-order valence-electron chi connectivity index (χ2n) is 3.75. The van der Waals surface area contributed by atoms with Crippen LogP contribution in [-0.4, -0.2) is 29.1 Å². The Morgan fingerprint density at radius 1 is 1.53 bits per heavy atom. The van der Waals surface area contributed by atoms with Crippen LogP contribution in [0, 0.1) is 11.1 Å². The molecule has 1 aliphatic rings. The molecule has 86 valence electrons. The fourth-order valence-electron chi connectivity index (χ4n) is 2.06. The highest BCUT2D eigenvalue weighted by atomic mass is 16.7. The third-order valence-corrected chi connectivity index (χ3v) is 2.75. The van der Waals surface area contributed by atoms with E-state index in [0.29, 0.717) is 0 Å². The van der Waals surface area contributed by atoms with E-state index in [9.17, 15) is 10.0 Å². The normalized spacial score (nSPS) is 21.0. The molecule has 0 heterocycles. The monoisotopic (exact) mass is 216 g/mol. The van der Waals surface area contributed by atoms with Crippen LogP contribution >= 0.6 is 0 Å². The molecular weight excluding hydrogens is 200 g/mol. The number of nitrogens with zero attached hydrogens (tertiary/aromatic N) is 2. The van der Waals surface area contributed by atoms with Gasteiger partial charge in [-0.3, -0.25) is 0 Å². The van der Waals surface area contributed by atoms with Crippen LogP contribution in [0.15, 0.2) is 5.28 Å². The number of hydrogen-bond donors (Lipinski definition) is 1. The highest BCUT2D eigenvalue weighted by Gasteiger charge is 2.37. The van der Waals surface area contributed by atoms with E-state index in [4.69, 9.17) is 5.11 Å². The number of hydrogen-bond acceptors (Lipinski definition) is 4. The Morgan fingerprint density at radius 2 is 2.13 bits per heavy atom. The Morgan fingerprint density at radius 3 is 2.60 bits per heavy atom. The predicted molar refractivity (Wildman–Crippen MR) is 51.1 cm³/mol. The van der Waals surface area contributed by atoms with Crippen molar-refractivity contribution in [2.75, 3.05) is 7.11 Å². The van der Waals surface area contributed by atoms with Gasteiger partial charge in [-0.25, -0.2) is 4.79 Å². The maximum absolute atomic E-state index is 11.3. The molecule has 0 aromatic rings. The van der Waals surface area contributed by atoms with Crippen molar-refractivity contribution in [2.24, 2.45) is 11.2 Å². The molecule has 1 atom stereocenters. The molecule has 0 bridgehead atoms. The van der Waals surface area contributed by atoms with E-state index in [1.54, 1.807) is 0 Å². The van der Waals surface area contributed by atoms with E-state index in [2.05, 4.69) is 10.1 Å². The molecule has 0 saturated heterocycles. The number of carboxylic acid groups (broad SMARTS) is 1. The van der Waals surface area contributed by atoms with Crippen molar-refractivity contribution in [3.63, 3.8) is 0 Å². The summed E-state index contributed by atoms with van der Waals surface area (Å²) in [7, 11) is 1.23. The molecule has 1 unspecified atom stereocenters. The maximum atomic E-state index is 11.3. The summed E-state index contributed by atoms with van der Waals surface area (Å²) in [5.74, 6) is -1.25. The van der Waals surface area contributed by atoms with Crippen molar-refractivity contribution in [2.45, 2.75) is 38.1 Å². The second kappa shape index (κ2) is 5.53. The number of carbonyl (C=O) groups is 1. The molecule has 0 aromatic carbocycles. The average Bonchev–Trinajstić information content (AvgIpc) is 2.19. The molecule has 1 rings (SSSR count). The Kier molecular flexibility index (Phi) is 4.33. The minimum absolute atomic E-state index is 0.118. The zero-order valence-corrected chi connectivity index (χ0v) is 8.76. The topological polar surface area (TPSA) is 85.0 Å². The van der Waals surface area contributed by atoms with Crippen LogP contribution in [0.1, 0.15) is 32.1 Å². The fourth-order valence-corrected chi connectivity index (χ4v) is 2.06. The van der Waals surface area contributed by atoms with Gasteiger partial charge in [-0.05, 0) is 17.7 Å². The fraction of sp³-hybridized carbons (Fsp3) is 0.889. The summed E-state index contributed by atoms with van der Waals surface area (Å²) in [6.07, 6.45) is 4.62. The summed E-state index contributed by atoms with van der Waals surface area (Å²) in [4.78, 5) is 15.4. The molecule has 0 radical (unpaired) electrons. The molecule has 0 aromatic heterocycles. The number of aliphatic carboxylic acids is 1. The molecule has 15 heavy (non-hydrogen) atoms. The van der Waals surface area contributed by atoms with Crippen molar-refractivity contribution in [3.8, 4) is 0 Å². The third kappa shape index (κ3) is 3.07. The first kappa shape index (κ1) is 11.7. The summed E-state index contributed by atoms with van der Waals surface area (Å²) in [6, 6.07) is -1.11. The smallest absolute Gasteiger partial charge is 0.377 e. The Balaban J connectivity index is 2.72. The third-order valence-electron chi connectivity index (χ3n) is 2.75. The number of carboxylic acids is 1. The van der Waals surface area contributed by atoms with E-state index in [-0.39, 0.29) is 10.8 Å². The quantitative estimate of drug-likeness (QED) is 0.439. The van der Waals surface area contributed by atoms with Gasteiger partial charge in [-0.15, -0.1) is 0 Å². The molecule has 0 spiro atoms. The van der Waals surface area contributed by atoms with E-state index >= 15 is 0 Å². The van der Waals surface area contributed by atoms with Gasteiger partial charge in [0, 0.05) is 5.92 Å². The Hall–Kier alpha value is -1.33. The van der Waals surface area contributed by atoms with Crippen LogP contribution in [0.25, 0.3) is 0 Å². The minimum atomic E-state index is -1.13. The maximum Gasteiger partial charge on any atom is 0.377 e. The van der Waals surface area contributed by atoms with Crippen LogP contribution < -0.4 is 0 Å². The molecule has 1 N–H and O–H groups in total. The van der Waals surface area contributed by atoms with E-state index in [1.165, 1.54) is 7.11 Å². The van der Waals surface area contributed by atoms with Crippen molar-refractivity contribution in [1.82, 2.24) is 0 Å². The predicted octanol–water partition coefficient (Wildman–Crippen LogP) is 1.54. The largest absolute Gasteiger partial charge is 0.597 e. The van der Waals surface area contributed by atoms with Crippen LogP contribution in [0.2, 0.25) is 0 Å². The summed E-state index contributed by atoms with van der Waals surface area (Å²) in [5, 5.41) is 23.4. The van der Waals surface area contributed by atoms with Crippen molar-refractivity contribution in [3.05, 3.63) is 5.21 Å². The summed E-state index contributed by atoms with van der Waals surface area (Å²) in [5.41, 5.74) is 0. The SMILES string of the molecule is CO/N=[N+](\[O-])C(C(=O)O)C1CCCCC1. The van der Waals surface area contributed by atoms with Gasteiger partial charge in [-0.2, -0.15) is 0 Å². The lowest BCUT2D eigenvalue weighted by molar-refractivity contribution is -0.589. The van der Waals surface area contributed by atoms with E-state index < -0.39 is 12.0 Å². The van der Waals surface area contributed by atoms with Crippen LogP contribution in [0.3, 0.4) is 0 Å². The van der Waals surface area contributed by atoms with Crippen LogP contribution in [0.4, 0.5) is 0 Å². The highest BCUT2D eigenvalue weighted by Crippen LogP contribution is 2.28. The van der Waals surface area contributed by atoms with Gasteiger partial charge >= 0.3 is 5.97 Å². The summed E-state index contributed by atoms with van der Waals surface area (Å²) >= 11 is 0. The first-order valence-electron chi connectivity index (χ1n) is 5.10. The molecule has 1 fully saturated rings. The van der Waals surface area contributed by atoms with Gasteiger partial charge in [0.05, 0.1) is 0 Å². The lowest BCUT2D eigenvalue weighted by Gasteiger charge is -2.23. The molecule has 6 heteroatoms. The van der Waals surface area contributed by atoms with Crippen LogP contribution in [-0.2, 0) is 9.63 Å². The standard InChI is InChI=1S/C9H16N2O4/c1-15-10-11(14)8(9(12)13)7-5-3-2-4-6-7/h7-8H,2-6H2,1H3,(H,12,13)/b11-10-. The summed E-state index contributed by atoms with van der Waals surface area (Å²) in [6.45, 7) is 0. The molecule has 0 aliphatic heterocycles. The molecule has 1 aliphatic carbocycles. The lowest BCUT2D eigenvalue weighted by Crippen LogP contribution is -2.38. The van der Waals surface area contributed by atoms with Crippen molar-refractivity contribution >= 4 is 5.97 Å². The van der Waals surface area contributed by atoms with Crippen LogP contribution in [0.5, 0.6) is 0 Å². The van der Waals surface area contributed by atoms with Gasteiger partial charge in [0.1, 0.15) is 7.11 Å².